The largest absolute Gasteiger partial charge is 0.382 e. The Morgan fingerprint density at radius 3 is 2.62 bits per heavy atom. The number of nitrogens with one attached hydrogen (secondary N) is 1. The lowest BCUT2D eigenvalue weighted by atomic mass is 9.88. The smallest absolute Gasteiger partial charge is 0.0438 e. The Morgan fingerprint density at radius 2 is 1.79 bits per heavy atom. The predicted molar refractivity (Wildman–Crippen MR) is 103 cm³/mol. The SMILES string of the molecule is Cc1ccc2c(c1)CCC(C)N2.Cc1ccc2c(n1)CCC(C)C2. The van der Waals surface area contributed by atoms with E-state index in [2.05, 4.69) is 68.3 Å². The van der Waals surface area contributed by atoms with Gasteiger partial charge in [0.2, 0.25) is 0 Å². The van der Waals surface area contributed by atoms with Crippen LogP contribution >= 0.6 is 0 Å². The molecule has 1 aliphatic carbocycles. The standard InChI is InChI=1S/2C11H15N/c2*1-8-3-6-11-10(7-8)5-4-9(2)12-11/h4-5,8H,3,6-7H2,1-2H3;3,6-7,9,12H,4-5H2,1-2H3. The summed E-state index contributed by atoms with van der Waals surface area (Å²) in [5.41, 5.74) is 8.15. The minimum absolute atomic E-state index is 0.639. The topological polar surface area (TPSA) is 24.9 Å². The van der Waals surface area contributed by atoms with Crippen molar-refractivity contribution in [2.24, 2.45) is 5.92 Å². The summed E-state index contributed by atoms with van der Waals surface area (Å²) >= 11 is 0. The Balaban J connectivity index is 0.000000141. The quantitative estimate of drug-likeness (QED) is 0.716. The fraction of sp³-hybridized carbons (Fsp3) is 0.500. The van der Waals surface area contributed by atoms with E-state index in [1.54, 1.807) is 0 Å². The second-order valence-corrected chi connectivity index (χ2v) is 7.65. The summed E-state index contributed by atoms with van der Waals surface area (Å²) in [7, 11) is 0. The van der Waals surface area contributed by atoms with Crippen molar-refractivity contribution in [1.82, 2.24) is 4.98 Å². The highest BCUT2D eigenvalue weighted by Gasteiger charge is 2.15. The van der Waals surface area contributed by atoms with Gasteiger partial charge >= 0.3 is 0 Å². The minimum Gasteiger partial charge on any atom is -0.382 e. The van der Waals surface area contributed by atoms with Crippen molar-refractivity contribution in [3.63, 3.8) is 0 Å². The number of aryl methyl sites for hydroxylation is 4. The second kappa shape index (κ2) is 7.38. The van der Waals surface area contributed by atoms with Crippen molar-refractivity contribution in [2.75, 3.05) is 5.32 Å². The van der Waals surface area contributed by atoms with Gasteiger partial charge in [-0.25, -0.2) is 0 Å². The van der Waals surface area contributed by atoms with Gasteiger partial charge in [-0.05, 0) is 82.1 Å². The maximum atomic E-state index is 4.55. The third-order valence-electron chi connectivity index (χ3n) is 5.16. The van der Waals surface area contributed by atoms with Gasteiger partial charge in [0.05, 0.1) is 0 Å². The van der Waals surface area contributed by atoms with Crippen molar-refractivity contribution in [1.29, 1.82) is 0 Å². The third-order valence-corrected chi connectivity index (χ3v) is 5.16. The number of nitrogens with zero attached hydrogens (tertiary/aromatic N) is 1. The van der Waals surface area contributed by atoms with E-state index in [-0.39, 0.29) is 0 Å². The number of fused-ring (bicyclic) bond motifs is 2. The highest BCUT2D eigenvalue weighted by atomic mass is 14.9. The van der Waals surface area contributed by atoms with E-state index >= 15 is 0 Å². The molecule has 0 saturated heterocycles. The van der Waals surface area contributed by atoms with Crippen molar-refractivity contribution < 1.29 is 0 Å². The number of pyridine rings is 1. The summed E-state index contributed by atoms with van der Waals surface area (Å²) in [6, 6.07) is 11.7. The number of hydrogen-bond acceptors (Lipinski definition) is 2. The van der Waals surface area contributed by atoms with Crippen molar-refractivity contribution >= 4 is 5.69 Å². The third kappa shape index (κ3) is 4.17. The lowest BCUT2D eigenvalue weighted by Gasteiger charge is -2.24. The molecule has 1 aromatic heterocycles. The molecule has 2 atom stereocenters. The predicted octanol–water partition coefficient (Wildman–Crippen LogP) is 5.26. The highest BCUT2D eigenvalue weighted by Crippen LogP contribution is 2.25. The van der Waals surface area contributed by atoms with E-state index in [1.165, 1.54) is 60.2 Å². The van der Waals surface area contributed by atoms with Gasteiger partial charge < -0.3 is 5.32 Å². The maximum absolute atomic E-state index is 4.55. The zero-order valence-electron chi connectivity index (χ0n) is 15.5. The fourth-order valence-corrected chi connectivity index (χ4v) is 3.68. The molecule has 2 aliphatic rings. The van der Waals surface area contributed by atoms with Crippen LogP contribution in [0.2, 0.25) is 0 Å². The maximum Gasteiger partial charge on any atom is 0.0438 e. The molecule has 2 aromatic rings. The van der Waals surface area contributed by atoms with Gasteiger partial charge in [-0.3, -0.25) is 4.98 Å². The van der Waals surface area contributed by atoms with Crippen LogP contribution in [-0.2, 0) is 19.3 Å². The Kier molecular flexibility index (Phi) is 5.23. The van der Waals surface area contributed by atoms with E-state index in [1.807, 2.05) is 0 Å². The number of rotatable bonds is 0. The first kappa shape index (κ1) is 17.0. The lowest BCUT2D eigenvalue weighted by Crippen LogP contribution is -2.21. The van der Waals surface area contributed by atoms with E-state index < -0.39 is 0 Å². The summed E-state index contributed by atoms with van der Waals surface area (Å²) in [6.07, 6.45) is 6.20. The van der Waals surface area contributed by atoms with Crippen LogP contribution in [0.3, 0.4) is 0 Å². The van der Waals surface area contributed by atoms with E-state index in [4.69, 9.17) is 0 Å². The molecule has 1 aromatic carbocycles. The lowest BCUT2D eigenvalue weighted by molar-refractivity contribution is 0.493. The highest BCUT2D eigenvalue weighted by molar-refractivity contribution is 5.54. The van der Waals surface area contributed by atoms with Gasteiger partial charge in [-0.15, -0.1) is 0 Å². The van der Waals surface area contributed by atoms with Gasteiger partial charge in [0.25, 0.3) is 0 Å². The average Bonchev–Trinajstić information content (AvgIpc) is 2.56. The van der Waals surface area contributed by atoms with Crippen LogP contribution in [0.15, 0.2) is 30.3 Å². The first-order chi connectivity index (χ1) is 11.5. The summed E-state index contributed by atoms with van der Waals surface area (Å²) < 4.78 is 0. The molecule has 4 rings (SSSR count). The molecule has 2 heteroatoms. The average molecular weight is 322 g/mol. The molecule has 0 saturated carbocycles. The van der Waals surface area contributed by atoms with E-state index in [0.29, 0.717) is 6.04 Å². The molecule has 1 N–H and O–H groups in total. The molecule has 0 spiro atoms. The summed E-state index contributed by atoms with van der Waals surface area (Å²) in [5.74, 6) is 0.849. The molecule has 0 amide bonds. The number of anilines is 1. The minimum atomic E-state index is 0.639. The van der Waals surface area contributed by atoms with Crippen LogP contribution in [-0.4, -0.2) is 11.0 Å². The molecule has 24 heavy (non-hydrogen) atoms. The van der Waals surface area contributed by atoms with E-state index in [0.717, 1.165) is 11.6 Å². The van der Waals surface area contributed by atoms with E-state index in [9.17, 15) is 0 Å². The van der Waals surface area contributed by atoms with Gasteiger partial charge in [0.1, 0.15) is 0 Å². The number of aromatic nitrogens is 1. The number of hydrogen-bond donors (Lipinski definition) is 1. The Morgan fingerprint density at radius 1 is 0.958 bits per heavy atom. The molecular weight excluding hydrogens is 292 g/mol. The first-order valence-corrected chi connectivity index (χ1v) is 9.32. The second-order valence-electron chi connectivity index (χ2n) is 7.65. The number of benzene rings is 1. The van der Waals surface area contributed by atoms with Crippen LogP contribution in [0.1, 0.15) is 54.8 Å². The Bertz CT molecular complexity index is 644. The molecule has 2 heterocycles. The normalized spacial score (nSPS) is 21.7. The molecule has 0 bridgehead atoms. The van der Waals surface area contributed by atoms with Crippen LogP contribution in [0.5, 0.6) is 0 Å². The van der Waals surface area contributed by atoms with Gasteiger partial charge in [0.15, 0.2) is 0 Å². The van der Waals surface area contributed by atoms with Gasteiger partial charge in [0, 0.05) is 23.1 Å². The molecular formula is C22H30N2. The van der Waals surface area contributed by atoms with Crippen LogP contribution in [0.25, 0.3) is 0 Å². The molecule has 2 unspecified atom stereocenters. The fourth-order valence-electron chi connectivity index (χ4n) is 3.68. The molecule has 0 radical (unpaired) electrons. The molecule has 128 valence electrons. The van der Waals surface area contributed by atoms with Crippen molar-refractivity contribution in [3.05, 3.63) is 58.4 Å². The first-order valence-electron chi connectivity index (χ1n) is 9.32. The summed E-state index contributed by atoms with van der Waals surface area (Å²) in [6.45, 7) is 8.78. The van der Waals surface area contributed by atoms with Gasteiger partial charge in [-0.2, -0.15) is 0 Å². The monoisotopic (exact) mass is 322 g/mol. The Hall–Kier alpha value is -1.83. The molecule has 2 nitrogen and oxygen atoms in total. The summed E-state index contributed by atoms with van der Waals surface area (Å²) in [5, 5.41) is 3.49. The van der Waals surface area contributed by atoms with Crippen molar-refractivity contribution in [3.8, 4) is 0 Å². The van der Waals surface area contributed by atoms with Crippen LogP contribution in [0.4, 0.5) is 5.69 Å². The molecule has 0 fully saturated rings. The Labute approximate surface area is 146 Å². The van der Waals surface area contributed by atoms with Gasteiger partial charge in [-0.1, -0.05) is 30.7 Å². The zero-order chi connectivity index (χ0) is 17.1. The molecule has 1 aliphatic heterocycles. The summed E-state index contributed by atoms with van der Waals surface area (Å²) in [4.78, 5) is 4.55. The zero-order valence-corrected chi connectivity index (χ0v) is 15.5. The van der Waals surface area contributed by atoms with Crippen molar-refractivity contribution in [2.45, 2.75) is 65.8 Å². The van der Waals surface area contributed by atoms with Crippen LogP contribution < -0.4 is 5.32 Å². The van der Waals surface area contributed by atoms with Crippen LogP contribution in [0, 0.1) is 19.8 Å².